The molecule has 5 nitrogen and oxygen atoms in total. The van der Waals surface area contributed by atoms with Crippen molar-refractivity contribution in [1.82, 2.24) is 0 Å². The number of rotatable bonds is 4. The fourth-order valence-electron chi connectivity index (χ4n) is 3.01. The predicted molar refractivity (Wildman–Crippen MR) is 58.2 cm³/mol. The first-order chi connectivity index (χ1) is 9.06. The molecule has 2 bridgehead atoms. The van der Waals surface area contributed by atoms with Crippen molar-refractivity contribution < 1.29 is 69.7 Å². The van der Waals surface area contributed by atoms with Crippen molar-refractivity contribution >= 4 is 11.9 Å². The third-order valence-corrected chi connectivity index (χ3v) is 19.1. The third kappa shape index (κ3) is 4.92. The zero-order valence-corrected chi connectivity index (χ0v) is 22.6. The van der Waals surface area contributed by atoms with Gasteiger partial charge in [0.15, 0.2) is 0 Å². The van der Waals surface area contributed by atoms with Gasteiger partial charge >= 0.3 is 140 Å². The first-order valence-corrected chi connectivity index (χ1v) is 17.8. The molecule has 2 heterocycles. The van der Waals surface area contributed by atoms with E-state index in [0.717, 1.165) is 25.7 Å². The van der Waals surface area contributed by atoms with E-state index < -0.39 is 50.1 Å². The zero-order valence-electron chi connectivity index (χ0n) is 11.6. The molecule has 2 saturated heterocycles. The monoisotopic (exact) mass is 646 g/mol. The summed E-state index contributed by atoms with van der Waals surface area (Å²) in [6.45, 7) is 2.99. The van der Waals surface area contributed by atoms with Gasteiger partial charge in [0.2, 0.25) is 0 Å². The van der Waals surface area contributed by atoms with Crippen molar-refractivity contribution in [1.29, 1.82) is 0 Å². The molecule has 7 heteroatoms. The Labute approximate surface area is 139 Å². The SMILES string of the molecule is CC(=O)[O][Hg][CH]1CCC2OC1CC[CH]2[Hg][O]C(C)=O. The molecule has 4 unspecified atom stereocenters. The standard InChI is InChI=1S/C8H12O.2C2H4O2.2Hg/c1-3-7-5-2-6-8(4-1)9-7;2*1-2(3)4;;/h3,6-8H,1-2,4-5H2;2*1H3,(H,3,4);;/q;;;2*+1/p-2. The predicted octanol–water partition coefficient (Wildman–Crippen LogP) is 2.03. The molecule has 0 saturated carbocycles. The second kappa shape index (κ2) is 7.69. The topological polar surface area (TPSA) is 61.8 Å². The van der Waals surface area contributed by atoms with Crippen LogP contribution in [-0.4, -0.2) is 24.1 Å². The van der Waals surface area contributed by atoms with Gasteiger partial charge in [0.25, 0.3) is 0 Å². The molecule has 2 fully saturated rings. The van der Waals surface area contributed by atoms with Gasteiger partial charge in [0.1, 0.15) is 0 Å². The quantitative estimate of drug-likeness (QED) is 0.440. The summed E-state index contributed by atoms with van der Waals surface area (Å²) in [5.74, 6) is -0.242. The molecule has 0 spiro atoms. The van der Waals surface area contributed by atoms with Crippen LogP contribution < -0.4 is 0 Å². The van der Waals surface area contributed by atoms with Crippen molar-refractivity contribution in [2.45, 2.75) is 58.6 Å². The van der Waals surface area contributed by atoms with Gasteiger partial charge in [-0.25, -0.2) is 0 Å². The summed E-state index contributed by atoms with van der Waals surface area (Å²) in [6.07, 6.45) is 5.06. The Hall–Kier alpha value is 0.770. The molecule has 100 valence electrons. The van der Waals surface area contributed by atoms with Crippen LogP contribution in [-0.2, 0) is 69.7 Å². The molecule has 0 aromatic rings. The molecule has 0 aromatic carbocycles. The van der Waals surface area contributed by atoms with Crippen molar-refractivity contribution in [3.63, 3.8) is 0 Å². The van der Waals surface area contributed by atoms with Gasteiger partial charge in [-0.2, -0.15) is 0 Å². The molecule has 0 aliphatic carbocycles. The number of carbonyl (C=O) groups excluding carboxylic acids is 2. The van der Waals surface area contributed by atoms with Gasteiger partial charge in [-0.05, 0) is 0 Å². The van der Waals surface area contributed by atoms with E-state index in [1.807, 2.05) is 0 Å². The Bertz CT molecular complexity index is 317. The minimum absolute atomic E-state index is 0.121. The molecular formula is C12H18Hg2O5. The summed E-state index contributed by atoms with van der Waals surface area (Å²) in [4.78, 5) is 21.8. The van der Waals surface area contributed by atoms with Gasteiger partial charge < -0.3 is 0 Å². The Morgan fingerprint density at radius 2 is 1.32 bits per heavy atom. The van der Waals surface area contributed by atoms with E-state index >= 15 is 0 Å². The Morgan fingerprint density at radius 1 is 0.895 bits per heavy atom. The van der Waals surface area contributed by atoms with E-state index in [1.54, 1.807) is 0 Å². The first-order valence-electron chi connectivity index (χ1n) is 6.98. The maximum absolute atomic E-state index is 10.9. The van der Waals surface area contributed by atoms with E-state index in [0.29, 0.717) is 19.1 Å². The summed E-state index contributed by atoms with van der Waals surface area (Å²) in [5, 5.41) is 0. The van der Waals surface area contributed by atoms with Crippen LogP contribution in [0, 0.1) is 0 Å². The average molecular weight is 643 g/mol. The van der Waals surface area contributed by atoms with E-state index in [4.69, 9.17) is 10.0 Å². The van der Waals surface area contributed by atoms with Gasteiger partial charge in [0.05, 0.1) is 0 Å². The first kappa shape index (κ1) is 16.1. The van der Waals surface area contributed by atoms with E-state index in [-0.39, 0.29) is 11.9 Å². The molecule has 0 N–H and O–H groups in total. The second-order valence-corrected chi connectivity index (χ2v) is 18.5. The third-order valence-electron chi connectivity index (χ3n) is 4.05. The van der Waals surface area contributed by atoms with Crippen LogP contribution >= 0.6 is 0 Å². The van der Waals surface area contributed by atoms with E-state index in [9.17, 15) is 9.59 Å². The fraction of sp³-hybridized carbons (Fsp3) is 0.833. The van der Waals surface area contributed by atoms with Crippen molar-refractivity contribution in [2.75, 3.05) is 0 Å². The molecule has 0 amide bonds. The maximum atomic E-state index is 10.9. The molecule has 2 aliphatic rings. The van der Waals surface area contributed by atoms with Crippen LogP contribution in [0.1, 0.15) is 39.5 Å². The van der Waals surface area contributed by atoms with Crippen molar-refractivity contribution in [2.24, 2.45) is 0 Å². The van der Waals surface area contributed by atoms with Crippen molar-refractivity contribution in [3.05, 3.63) is 0 Å². The van der Waals surface area contributed by atoms with Crippen LogP contribution in [0.25, 0.3) is 0 Å². The second-order valence-electron chi connectivity index (χ2n) is 5.49. The summed E-state index contributed by atoms with van der Waals surface area (Å²) in [5.41, 5.74) is 0. The minimum atomic E-state index is -1.59. The number of fused-ring (bicyclic) bond motifs is 2. The molecule has 19 heavy (non-hydrogen) atoms. The number of hydrogen-bond acceptors (Lipinski definition) is 5. The van der Waals surface area contributed by atoms with Crippen LogP contribution in [0.4, 0.5) is 0 Å². The molecule has 4 atom stereocenters. The zero-order chi connectivity index (χ0) is 13.8. The van der Waals surface area contributed by atoms with Crippen molar-refractivity contribution in [3.8, 4) is 0 Å². The fourth-order valence-corrected chi connectivity index (χ4v) is 14.0. The average Bonchev–Trinajstić information content (AvgIpc) is 2.36. The summed E-state index contributed by atoms with van der Waals surface area (Å²) < 4.78 is 17.9. The number of carbonyl (C=O) groups is 2. The van der Waals surface area contributed by atoms with E-state index in [1.165, 1.54) is 13.8 Å². The van der Waals surface area contributed by atoms with Gasteiger partial charge in [0, 0.05) is 0 Å². The van der Waals surface area contributed by atoms with Crippen LogP contribution in [0.15, 0.2) is 0 Å². The number of hydrogen-bond donors (Lipinski definition) is 0. The van der Waals surface area contributed by atoms with Crippen LogP contribution in [0.5, 0.6) is 0 Å². The normalized spacial score (nSPS) is 32.7. The molecule has 2 rings (SSSR count). The summed E-state index contributed by atoms with van der Waals surface area (Å²) >= 11 is -3.17. The molecule has 0 radical (unpaired) electrons. The van der Waals surface area contributed by atoms with E-state index in [2.05, 4.69) is 0 Å². The Morgan fingerprint density at radius 3 is 1.68 bits per heavy atom. The molecular weight excluding hydrogens is 625 g/mol. The van der Waals surface area contributed by atoms with Gasteiger partial charge in [-0.3, -0.25) is 0 Å². The van der Waals surface area contributed by atoms with Gasteiger partial charge in [-0.1, -0.05) is 0 Å². The Kier molecular flexibility index (Phi) is 6.53. The Balaban J connectivity index is 1.80. The number of ether oxygens (including phenoxy) is 1. The van der Waals surface area contributed by atoms with Gasteiger partial charge in [-0.15, -0.1) is 0 Å². The molecule has 2 aliphatic heterocycles. The van der Waals surface area contributed by atoms with Crippen LogP contribution in [0.2, 0.25) is 6.85 Å². The summed E-state index contributed by atoms with van der Waals surface area (Å²) in [6, 6.07) is 0. The molecule has 0 aromatic heterocycles. The van der Waals surface area contributed by atoms with Crippen LogP contribution in [0.3, 0.4) is 0 Å². The summed E-state index contributed by atoms with van der Waals surface area (Å²) in [7, 11) is 0.